The van der Waals surface area contributed by atoms with E-state index < -0.39 is 0 Å². The molecule has 62 valence electrons. The minimum atomic E-state index is 0. The molecular weight excluding hydrogens is 181 g/mol. The van der Waals surface area contributed by atoms with Crippen LogP contribution in [0.5, 0.6) is 0 Å². The maximum Gasteiger partial charge on any atom is 0.0438 e. The molecule has 0 aromatic heterocycles. The van der Waals surface area contributed by atoms with E-state index in [9.17, 15) is 0 Å². The molecule has 0 spiro atoms. The van der Waals surface area contributed by atoms with E-state index in [1.807, 2.05) is 25.1 Å². The van der Waals surface area contributed by atoms with Crippen LogP contribution in [0, 0.1) is 6.92 Å². The zero-order valence-electron chi connectivity index (χ0n) is 6.30. The fraction of sp³-hybridized carbons (Fsp3) is 0.250. The summed E-state index contributed by atoms with van der Waals surface area (Å²) in [5.41, 5.74) is 7.59. The van der Waals surface area contributed by atoms with Gasteiger partial charge in [0.1, 0.15) is 0 Å². The van der Waals surface area contributed by atoms with Crippen LogP contribution in [0.15, 0.2) is 18.2 Å². The Labute approximate surface area is 78.0 Å². The summed E-state index contributed by atoms with van der Waals surface area (Å²) >= 11 is 5.84. The van der Waals surface area contributed by atoms with Gasteiger partial charge in [-0.3, -0.25) is 0 Å². The zero-order valence-corrected chi connectivity index (χ0v) is 7.88. The Morgan fingerprint density at radius 3 is 2.55 bits per heavy atom. The van der Waals surface area contributed by atoms with E-state index in [-0.39, 0.29) is 12.4 Å². The molecule has 0 heterocycles. The van der Waals surface area contributed by atoms with Gasteiger partial charge in [0, 0.05) is 11.6 Å². The topological polar surface area (TPSA) is 26.0 Å². The van der Waals surface area contributed by atoms with E-state index in [2.05, 4.69) is 0 Å². The standard InChI is InChI=1S/C8H10ClN.ClH/c1-6-2-3-7(5-10)4-8(6)9;/h2-4H,5,10H2,1H3;1H. The molecule has 1 nitrogen and oxygen atoms in total. The van der Waals surface area contributed by atoms with Gasteiger partial charge in [0.15, 0.2) is 0 Å². The van der Waals surface area contributed by atoms with Crippen molar-refractivity contribution in [1.82, 2.24) is 0 Å². The maximum atomic E-state index is 5.84. The average molecular weight is 192 g/mol. The molecule has 3 heteroatoms. The fourth-order valence-corrected chi connectivity index (χ4v) is 0.966. The molecule has 0 radical (unpaired) electrons. The van der Waals surface area contributed by atoms with Gasteiger partial charge in [-0.1, -0.05) is 23.7 Å². The number of hydrogen-bond acceptors (Lipinski definition) is 1. The van der Waals surface area contributed by atoms with Gasteiger partial charge < -0.3 is 5.73 Å². The van der Waals surface area contributed by atoms with Crippen molar-refractivity contribution in [2.24, 2.45) is 5.73 Å². The first kappa shape index (κ1) is 10.8. The Morgan fingerprint density at radius 2 is 2.09 bits per heavy atom. The number of nitrogens with two attached hydrogens (primary N) is 1. The summed E-state index contributed by atoms with van der Waals surface area (Å²) in [6, 6.07) is 5.86. The minimum Gasteiger partial charge on any atom is -0.326 e. The Bertz CT molecular complexity index is 236. The highest BCUT2D eigenvalue weighted by Gasteiger charge is 1.94. The molecule has 0 aliphatic rings. The van der Waals surface area contributed by atoms with Crippen molar-refractivity contribution in [2.75, 3.05) is 0 Å². The van der Waals surface area contributed by atoms with Crippen LogP contribution in [0.2, 0.25) is 5.02 Å². The number of aryl methyl sites for hydroxylation is 1. The van der Waals surface area contributed by atoms with Crippen LogP contribution in [0.25, 0.3) is 0 Å². The molecule has 0 aliphatic heterocycles. The van der Waals surface area contributed by atoms with Gasteiger partial charge in [-0.25, -0.2) is 0 Å². The fourth-order valence-electron chi connectivity index (χ4n) is 0.763. The number of rotatable bonds is 1. The SMILES string of the molecule is Cc1ccc(CN)cc1Cl.Cl. The third kappa shape index (κ3) is 2.70. The van der Waals surface area contributed by atoms with Crippen LogP contribution >= 0.6 is 24.0 Å². The van der Waals surface area contributed by atoms with Gasteiger partial charge in [0.25, 0.3) is 0 Å². The summed E-state index contributed by atoms with van der Waals surface area (Å²) in [5.74, 6) is 0. The molecule has 0 saturated carbocycles. The van der Waals surface area contributed by atoms with E-state index in [0.717, 1.165) is 16.1 Å². The molecule has 0 aliphatic carbocycles. The molecule has 0 fully saturated rings. The van der Waals surface area contributed by atoms with Crippen molar-refractivity contribution < 1.29 is 0 Å². The molecule has 0 saturated heterocycles. The molecule has 0 atom stereocenters. The third-order valence-electron chi connectivity index (χ3n) is 1.47. The average Bonchev–Trinajstić information content (AvgIpc) is 1.95. The monoisotopic (exact) mass is 191 g/mol. The Morgan fingerprint density at radius 1 is 1.45 bits per heavy atom. The zero-order chi connectivity index (χ0) is 7.56. The van der Waals surface area contributed by atoms with Crippen LogP contribution in [0.3, 0.4) is 0 Å². The number of halogens is 2. The normalized spacial score (nSPS) is 9.00. The van der Waals surface area contributed by atoms with E-state index >= 15 is 0 Å². The Kier molecular flexibility index (Phi) is 4.50. The second kappa shape index (κ2) is 4.60. The first-order chi connectivity index (χ1) is 4.74. The van der Waals surface area contributed by atoms with Gasteiger partial charge >= 0.3 is 0 Å². The van der Waals surface area contributed by atoms with E-state index in [0.29, 0.717) is 6.54 Å². The van der Waals surface area contributed by atoms with Gasteiger partial charge in [0.05, 0.1) is 0 Å². The van der Waals surface area contributed by atoms with Crippen molar-refractivity contribution in [3.63, 3.8) is 0 Å². The summed E-state index contributed by atoms with van der Waals surface area (Å²) in [5, 5.41) is 0.794. The highest BCUT2D eigenvalue weighted by Crippen LogP contribution is 2.15. The molecule has 0 amide bonds. The summed E-state index contributed by atoms with van der Waals surface area (Å²) in [7, 11) is 0. The predicted molar refractivity (Wildman–Crippen MR) is 51.3 cm³/mol. The van der Waals surface area contributed by atoms with Crippen molar-refractivity contribution in [3.05, 3.63) is 34.3 Å². The van der Waals surface area contributed by atoms with Crippen molar-refractivity contribution in [3.8, 4) is 0 Å². The number of hydrogen-bond donors (Lipinski definition) is 1. The maximum absolute atomic E-state index is 5.84. The van der Waals surface area contributed by atoms with E-state index in [1.54, 1.807) is 0 Å². The van der Waals surface area contributed by atoms with Crippen LogP contribution in [-0.4, -0.2) is 0 Å². The lowest BCUT2D eigenvalue weighted by atomic mass is 10.1. The molecule has 0 bridgehead atoms. The lowest BCUT2D eigenvalue weighted by Crippen LogP contribution is -1.95. The molecular formula is C8H11Cl2N. The summed E-state index contributed by atoms with van der Waals surface area (Å²) in [4.78, 5) is 0. The smallest absolute Gasteiger partial charge is 0.0438 e. The van der Waals surface area contributed by atoms with Crippen LogP contribution < -0.4 is 5.73 Å². The van der Waals surface area contributed by atoms with E-state index in [4.69, 9.17) is 17.3 Å². The van der Waals surface area contributed by atoms with Gasteiger partial charge in [-0.2, -0.15) is 0 Å². The Balaban J connectivity index is 0.000001000. The summed E-state index contributed by atoms with van der Waals surface area (Å²) in [6.07, 6.45) is 0. The largest absolute Gasteiger partial charge is 0.326 e. The highest BCUT2D eigenvalue weighted by atomic mass is 35.5. The molecule has 1 aromatic carbocycles. The molecule has 1 rings (SSSR count). The minimum absolute atomic E-state index is 0. The predicted octanol–water partition coefficient (Wildman–Crippen LogP) is 2.53. The molecule has 11 heavy (non-hydrogen) atoms. The van der Waals surface area contributed by atoms with E-state index in [1.165, 1.54) is 0 Å². The van der Waals surface area contributed by atoms with Crippen molar-refractivity contribution in [2.45, 2.75) is 13.5 Å². The van der Waals surface area contributed by atoms with Crippen LogP contribution in [0.1, 0.15) is 11.1 Å². The summed E-state index contributed by atoms with van der Waals surface area (Å²) in [6.45, 7) is 2.53. The third-order valence-corrected chi connectivity index (χ3v) is 1.88. The Hall–Kier alpha value is -0.240. The van der Waals surface area contributed by atoms with Crippen molar-refractivity contribution >= 4 is 24.0 Å². The molecule has 2 N–H and O–H groups in total. The van der Waals surface area contributed by atoms with Crippen LogP contribution in [-0.2, 0) is 6.54 Å². The quantitative estimate of drug-likeness (QED) is 0.726. The second-order valence-corrected chi connectivity index (χ2v) is 2.69. The molecule has 0 unspecified atom stereocenters. The van der Waals surface area contributed by atoms with Crippen molar-refractivity contribution in [1.29, 1.82) is 0 Å². The first-order valence-electron chi connectivity index (χ1n) is 3.19. The van der Waals surface area contributed by atoms with Gasteiger partial charge in [-0.15, -0.1) is 12.4 Å². The summed E-state index contributed by atoms with van der Waals surface area (Å²) < 4.78 is 0. The van der Waals surface area contributed by atoms with Crippen LogP contribution in [0.4, 0.5) is 0 Å². The lowest BCUT2D eigenvalue weighted by molar-refractivity contribution is 1.07. The van der Waals surface area contributed by atoms with Gasteiger partial charge in [0.2, 0.25) is 0 Å². The lowest BCUT2D eigenvalue weighted by Gasteiger charge is -1.99. The highest BCUT2D eigenvalue weighted by molar-refractivity contribution is 6.31. The first-order valence-corrected chi connectivity index (χ1v) is 3.57. The second-order valence-electron chi connectivity index (χ2n) is 2.29. The molecule has 1 aromatic rings. The number of benzene rings is 1. The van der Waals surface area contributed by atoms with Gasteiger partial charge in [-0.05, 0) is 24.1 Å².